The van der Waals surface area contributed by atoms with Crippen LogP contribution in [0.15, 0.2) is 60.5 Å². The number of aromatic nitrogens is 2. The van der Waals surface area contributed by atoms with Crippen molar-refractivity contribution in [2.45, 2.75) is 13.3 Å². The highest BCUT2D eigenvalue weighted by molar-refractivity contribution is 5.76. The summed E-state index contributed by atoms with van der Waals surface area (Å²) in [4.78, 5) is 0. The molecule has 0 spiro atoms. The Hall–Kier alpha value is -2.09. The molecule has 1 fully saturated rings. The van der Waals surface area contributed by atoms with Crippen molar-refractivity contribution in [3.8, 4) is 5.69 Å². The maximum Gasteiger partial charge on any atom is 0.293 e. The van der Waals surface area contributed by atoms with Crippen molar-refractivity contribution in [3.63, 3.8) is 0 Å². The van der Waals surface area contributed by atoms with Gasteiger partial charge in [-0.15, -0.1) is 0 Å². The zero-order valence-corrected chi connectivity index (χ0v) is 12.0. The van der Waals surface area contributed by atoms with Crippen molar-refractivity contribution >= 4 is 5.57 Å². The van der Waals surface area contributed by atoms with Crippen LogP contribution in [-0.2, 0) is 7.05 Å². The maximum atomic E-state index is 2.47. The number of rotatable bonds is 2. The summed E-state index contributed by atoms with van der Waals surface area (Å²) in [6.45, 7) is 2.24. The molecule has 1 heterocycles. The molecule has 0 radical (unpaired) electrons. The van der Waals surface area contributed by atoms with E-state index >= 15 is 0 Å². The number of hydrogen-bond acceptors (Lipinski definition) is 0. The molecule has 1 aromatic heterocycles. The zero-order chi connectivity index (χ0) is 13.7. The summed E-state index contributed by atoms with van der Waals surface area (Å²) in [6.07, 6.45) is 10.5. The topological polar surface area (TPSA) is 8.81 Å². The molecule has 2 aliphatic rings. The van der Waals surface area contributed by atoms with Gasteiger partial charge in [0.1, 0.15) is 18.1 Å². The molecule has 100 valence electrons. The van der Waals surface area contributed by atoms with Crippen LogP contribution in [0, 0.1) is 11.8 Å². The first-order valence-corrected chi connectivity index (χ1v) is 7.27. The normalized spacial score (nSPS) is 23.9. The average molecular weight is 263 g/mol. The van der Waals surface area contributed by atoms with E-state index in [9.17, 15) is 0 Å². The summed E-state index contributed by atoms with van der Waals surface area (Å²) < 4.78 is 4.50. The van der Waals surface area contributed by atoms with Crippen LogP contribution in [0.2, 0.25) is 0 Å². The van der Waals surface area contributed by atoms with Crippen LogP contribution in [0.1, 0.15) is 19.2 Å². The summed E-state index contributed by atoms with van der Waals surface area (Å²) >= 11 is 0. The highest BCUT2D eigenvalue weighted by Crippen LogP contribution is 2.48. The molecule has 0 N–H and O–H groups in total. The van der Waals surface area contributed by atoms with Gasteiger partial charge in [-0.2, -0.15) is 4.57 Å². The number of allylic oxidation sites excluding steroid dienone is 4. The summed E-state index contributed by atoms with van der Waals surface area (Å²) in [6, 6.07) is 10.6. The van der Waals surface area contributed by atoms with E-state index in [4.69, 9.17) is 0 Å². The largest absolute Gasteiger partial charge is 0.293 e. The number of hydrogen-bond donors (Lipinski definition) is 0. The number of aryl methyl sites for hydroxylation is 1. The molecule has 1 aromatic carbocycles. The van der Waals surface area contributed by atoms with E-state index in [-0.39, 0.29) is 0 Å². The Morgan fingerprint density at radius 1 is 1.10 bits per heavy atom. The maximum absolute atomic E-state index is 2.47. The second-order valence-corrected chi connectivity index (χ2v) is 5.93. The van der Waals surface area contributed by atoms with Gasteiger partial charge in [-0.05, 0) is 42.9 Å². The van der Waals surface area contributed by atoms with Gasteiger partial charge in [-0.1, -0.05) is 30.4 Å². The third-order valence-electron chi connectivity index (χ3n) is 4.44. The third-order valence-corrected chi connectivity index (χ3v) is 4.44. The van der Waals surface area contributed by atoms with Crippen molar-refractivity contribution in [1.29, 1.82) is 0 Å². The number of imidazole rings is 1. The molecule has 20 heavy (non-hydrogen) atoms. The van der Waals surface area contributed by atoms with Crippen LogP contribution >= 0.6 is 0 Å². The molecule has 2 heteroatoms. The van der Waals surface area contributed by atoms with Gasteiger partial charge in [0.15, 0.2) is 0 Å². The fourth-order valence-corrected chi connectivity index (χ4v) is 3.22. The van der Waals surface area contributed by atoms with Crippen LogP contribution in [-0.4, -0.2) is 4.57 Å². The van der Waals surface area contributed by atoms with E-state index < -0.39 is 0 Å². The lowest BCUT2D eigenvalue weighted by Gasteiger charge is -2.11. The van der Waals surface area contributed by atoms with E-state index in [2.05, 4.69) is 78.0 Å². The fourth-order valence-electron chi connectivity index (χ4n) is 3.22. The highest BCUT2D eigenvalue weighted by atomic mass is 15.1. The van der Waals surface area contributed by atoms with Gasteiger partial charge in [-0.25, -0.2) is 4.57 Å². The summed E-state index contributed by atoms with van der Waals surface area (Å²) in [7, 11) is 2.13. The quantitative estimate of drug-likeness (QED) is 0.735. The van der Waals surface area contributed by atoms with Gasteiger partial charge < -0.3 is 0 Å². The SMILES string of the molecule is CC1=CC2CC2C=C1c1n(-c2ccccc2)cc[n+]1C. The lowest BCUT2D eigenvalue weighted by atomic mass is 9.98. The van der Waals surface area contributed by atoms with Gasteiger partial charge in [0.2, 0.25) is 0 Å². The smallest absolute Gasteiger partial charge is 0.232 e. The molecule has 2 aliphatic carbocycles. The van der Waals surface area contributed by atoms with Crippen LogP contribution < -0.4 is 4.57 Å². The molecule has 4 rings (SSSR count). The van der Waals surface area contributed by atoms with Gasteiger partial charge >= 0.3 is 0 Å². The van der Waals surface area contributed by atoms with Crippen molar-refractivity contribution in [1.82, 2.24) is 4.57 Å². The lowest BCUT2D eigenvalue weighted by Crippen LogP contribution is -2.32. The van der Waals surface area contributed by atoms with Crippen molar-refractivity contribution in [2.24, 2.45) is 18.9 Å². The van der Waals surface area contributed by atoms with E-state index in [1.807, 2.05) is 0 Å². The molecule has 0 aliphatic heterocycles. The first kappa shape index (κ1) is 11.7. The fraction of sp³-hybridized carbons (Fsp3) is 0.278. The number of nitrogens with zero attached hydrogens (tertiary/aromatic N) is 2. The molecule has 0 amide bonds. The van der Waals surface area contributed by atoms with Crippen molar-refractivity contribution in [3.05, 3.63) is 66.3 Å². The third kappa shape index (κ3) is 1.75. The van der Waals surface area contributed by atoms with Gasteiger partial charge in [0.05, 0.1) is 12.6 Å². The number of fused-ring (bicyclic) bond motifs is 1. The zero-order valence-electron chi connectivity index (χ0n) is 12.0. The highest BCUT2D eigenvalue weighted by Gasteiger charge is 2.39. The molecule has 2 nitrogen and oxygen atoms in total. The molecule has 2 aromatic rings. The minimum Gasteiger partial charge on any atom is -0.232 e. The van der Waals surface area contributed by atoms with Gasteiger partial charge in [0, 0.05) is 0 Å². The average Bonchev–Trinajstić information content (AvgIpc) is 3.11. The first-order valence-electron chi connectivity index (χ1n) is 7.27. The Labute approximate surface area is 119 Å². The lowest BCUT2D eigenvalue weighted by molar-refractivity contribution is -0.673. The Morgan fingerprint density at radius 2 is 1.85 bits per heavy atom. The van der Waals surface area contributed by atoms with E-state index in [0.717, 1.165) is 11.8 Å². The first-order chi connectivity index (χ1) is 9.74. The molecule has 2 unspecified atom stereocenters. The van der Waals surface area contributed by atoms with E-state index in [1.165, 1.54) is 29.1 Å². The molecular weight excluding hydrogens is 244 g/mol. The predicted molar refractivity (Wildman–Crippen MR) is 80.3 cm³/mol. The standard InChI is InChI=1S/C18H19N2/c1-13-10-14-11-15(14)12-17(13)18-19(2)8-9-20(18)16-6-4-3-5-7-16/h3-10,12,14-15H,11H2,1-2H3/q+1. The van der Waals surface area contributed by atoms with E-state index in [1.54, 1.807) is 0 Å². The minimum atomic E-state index is 0.771. The van der Waals surface area contributed by atoms with Crippen LogP contribution in [0.4, 0.5) is 0 Å². The molecule has 1 saturated carbocycles. The summed E-state index contributed by atoms with van der Waals surface area (Å²) in [5, 5.41) is 0. The Kier molecular flexibility index (Phi) is 2.46. The van der Waals surface area contributed by atoms with Gasteiger partial charge in [0.25, 0.3) is 5.82 Å². The number of para-hydroxylation sites is 1. The van der Waals surface area contributed by atoms with Crippen molar-refractivity contribution in [2.75, 3.05) is 0 Å². The van der Waals surface area contributed by atoms with Gasteiger partial charge in [-0.3, -0.25) is 0 Å². The van der Waals surface area contributed by atoms with E-state index in [0.29, 0.717) is 0 Å². The van der Waals surface area contributed by atoms with Crippen molar-refractivity contribution < 1.29 is 4.57 Å². The molecule has 0 saturated heterocycles. The molecule has 0 bridgehead atoms. The van der Waals surface area contributed by atoms with Crippen LogP contribution in [0.5, 0.6) is 0 Å². The Bertz CT molecular complexity index is 719. The molecular formula is C18H19N2+. The summed E-state index contributed by atoms with van der Waals surface area (Å²) in [5.41, 5.74) is 4.02. The van der Waals surface area contributed by atoms with Crippen LogP contribution in [0.3, 0.4) is 0 Å². The predicted octanol–water partition coefficient (Wildman–Crippen LogP) is 3.28. The number of benzene rings is 1. The monoisotopic (exact) mass is 263 g/mol. The minimum absolute atomic E-state index is 0.771. The second kappa shape index (κ2) is 4.20. The van der Waals surface area contributed by atoms with Crippen LogP contribution in [0.25, 0.3) is 11.3 Å². The second-order valence-electron chi connectivity index (χ2n) is 5.93. The summed E-state index contributed by atoms with van der Waals surface area (Å²) in [5.74, 6) is 2.85. The Morgan fingerprint density at radius 3 is 2.65 bits per heavy atom. The molecule has 2 atom stereocenters. The Balaban J connectivity index is 1.87.